The molecule has 9 nitrogen and oxygen atoms in total. The summed E-state index contributed by atoms with van der Waals surface area (Å²) in [7, 11) is 6.54. The van der Waals surface area contributed by atoms with E-state index in [9.17, 15) is 14.4 Å². The zero-order valence-corrected chi connectivity index (χ0v) is 28.2. The molecule has 2 aliphatic rings. The van der Waals surface area contributed by atoms with Crippen LogP contribution in [0.4, 0.5) is 4.79 Å². The Hall–Kier alpha value is -2.37. The van der Waals surface area contributed by atoms with Crippen LogP contribution in [0.2, 0.25) is 5.02 Å². The van der Waals surface area contributed by atoms with Crippen LogP contribution in [0, 0.1) is 19.8 Å². The number of benzene rings is 1. The minimum atomic E-state index is -0.829. The molecule has 43 heavy (non-hydrogen) atoms. The molecule has 2 aliphatic heterocycles. The van der Waals surface area contributed by atoms with E-state index in [1.54, 1.807) is 22.3 Å². The first-order chi connectivity index (χ1) is 19.9. The van der Waals surface area contributed by atoms with Crippen LogP contribution in [0.1, 0.15) is 41.7 Å². The number of hydrogen-bond acceptors (Lipinski definition) is 6. The van der Waals surface area contributed by atoms with E-state index < -0.39 is 12.1 Å². The third kappa shape index (κ3) is 9.31. The van der Waals surface area contributed by atoms with Crippen LogP contribution in [0.3, 0.4) is 0 Å². The molecule has 12 heteroatoms. The number of aryl methyl sites for hydroxylation is 1. The number of thiophene rings is 1. The van der Waals surface area contributed by atoms with Crippen LogP contribution in [0.25, 0.3) is 0 Å². The Morgan fingerprint density at radius 2 is 1.93 bits per heavy atom. The van der Waals surface area contributed by atoms with Gasteiger partial charge in [0.2, 0.25) is 11.8 Å². The normalized spacial score (nSPS) is 20.7. The fourth-order valence-electron chi connectivity index (χ4n) is 5.70. The number of halogens is 2. The van der Waals surface area contributed by atoms with Crippen LogP contribution in [0.5, 0.6) is 5.75 Å². The van der Waals surface area contributed by atoms with Crippen molar-refractivity contribution in [2.75, 3.05) is 53.9 Å². The Morgan fingerprint density at radius 3 is 2.63 bits per heavy atom. The lowest BCUT2D eigenvalue weighted by Gasteiger charge is -2.43. The fraction of sp³-hybridized carbons (Fsp3) is 0.581. The number of quaternary nitrogens is 1. The summed E-state index contributed by atoms with van der Waals surface area (Å²) in [6.45, 7) is 6.56. The highest BCUT2D eigenvalue weighted by Crippen LogP contribution is 2.31. The first-order valence-electron chi connectivity index (χ1n) is 14.8. The molecule has 2 saturated heterocycles. The van der Waals surface area contributed by atoms with Crippen molar-refractivity contribution in [1.29, 1.82) is 0 Å². The Morgan fingerprint density at radius 1 is 1.16 bits per heavy atom. The summed E-state index contributed by atoms with van der Waals surface area (Å²) >= 11 is 8.01. The molecule has 0 saturated carbocycles. The number of carbonyl (C=O) groups is 3. The van der Waals surface area contributed by atoms with E-state index in [1.165, 1.54) is 4.90 Å². The molecule has 0 unspecified atom stereocenters. The largest absolute Gasteiger partial charge is 1.00 e. The third-order valence-electron chi connectivity index (χ3n) is 8.32. The Kier molecular flexibility index (Phi) is 12.7. The van der Waals surface area contributed by atoms with Crippen molar-refractivity contribution in [3.8, 4) is 5.75 Å². The van der Waals surface area contributed by atoms with Gasteiger partial charge in [-0.15, -0.1) is 11.3 Å². The fourth-order valence-corrected chi connectivity index (χ4v) is 6.59. The summed E-state index contributed by atoms with van der Waals surface area (Å²) in [5.74, 6) is 0.148. The lowest BCUT2D eigenvalue weighted by atomic mass is 9.85. The van der Waals surface area contributed by atoms with Gasteiger partial charge in [0, 0.05) is 18.0 Å². The quantitative estimate of drug-likeness (QED) is 0.397. The van der Waals surface area contributed by atoms with Gasteiger partial charge in [-0.05, 0) is 80.6 Å². The number of rotatable bonds is 9. The monoisotopic (exact) mass is 653 g/mol. The highest BCUT2D eigenvalue weighted by molar-refractivity contribution is 7.09. The molecule has 2 fully saturated rings. The summed E-state index contributed by atoms with van der Waals surface area (Å²) < 4.78 is 6.56. The topological polar surface area (TPSA) is 91.0 Å². The molecule has 2 aromatic rings. The highest BCUT2D eigenvalue weighted by Gasteiger charge is 2.42. The predicted octanol–water partition coefficient (Wildman–Crippen LogP) is 1.20. The van der Waals surface area contributed by atoms with Gasteiger partial charge in [0.25, 0.3) is 0 Å². The second-order valence-corrected chi connectivity index (χ2v) is 13.9. The molecule has 0 spiro atoms. The van der Waals surface area contributed by atoms with Crippen molar-refractivity contribution < 1.29 is 36.0 Å². The molecular weight excluding hydrogens is 609 g/mol. The number of ether oxygens (including phenoxy) is 1. The van der Waals surface area contributed by atoms with Crippen LogP contribution >= 0.6 is 22.9 Å². The molecular formula is C31H45Cl2N5O4S. The van der Waals surface area contributed by atoms with Gasteiger partial charge in [0.15, 0.2) is 5.75 Å². The molecule has 3 atom stereocenters. The van der Waals surface area contributed by atoms with Gasteiger partial charge in [-0.1, -0.05) is 23.7 Å². The molecule has 3 amide bonds. The first-order valence-corrected chi connectivity index (χ1v) is 16.1. The first kappa shape index (κ1) is 35.1. The summed E-state index contributed by atoms with van der Waals surface area (Å²) in [6.07, 6.45) is 3.42. The van der Waals surface area contributed by atoms with Gasteiger partial charge in [0.05, 0.1) is 51.8 Å². The Balaban J connectivity index is 0.00000506. The molecule has 1 aromatic heterocycles. The van der Waals surface area contributed by atoms with Crippen molar-refractivity contribution in [1.82, 2.24) is 20.4 Å². The highest BCUT2D eigenvalue weighted by atomic mass is 35.5. The van der Waals surface area contributed by atoms with Crippen molar-refractivity contribution in [3.63, 3.8) is 0 Å². The lowest BCUT2D eigenvalue weighted by Crippen LogP contribution is -3.00. The van der Waals surface area contributed by atoms with Crippen molar-refractivity contribution >= 4 is 40.8 Å². The zero-order valence-electron chi connectivity index (χ0n) is 25.8. The van der Waals surface area contributed by atoms with Crippen molar-refractivity contribution in [2.45, 2.75) is 58.2 Å². The zero-order chi connectivity index (χ0) is 30.4. The van der Waals surface area contributed by atoms with Crippen LogP contribution < -0.4 is 27.8 Å². The number of piperazine rings is 1. The number of hydrogen-bond donors (Lipinski definition) is 2. The Labute approximate surface area is 270 Å². The smallest absolute Gasteiger partial charge is 0.415 e. The van der Waals surface area contributed by atoms with Gasteiger partial charge in [-0.3, -0.25) is 9.59 Å². The van der Waals surface area contributed by atoms with E-state index in [4.69, 9.17) is 16.3 Å². The second kappa shape index (κ2) is 15.6. The van der Waals surface area contributed by atoms with E-state index in [0.717, 1.165) is 59.3 Å². The number of nitrogens with zero attached hydrogens (tertiary/aromatic N) is 3. The molecule has 0 radical (unpaired) electrons. The van der Waals surface area contributed by atoms with Crippen molar-refractivity contribution in [2.24, 2.45) is 5.92 Å². The SMILES string of the molecule is Cc1ccc(OC(=O)N2CCN(C(=O)[C@@H]3NCCC[C@@H]3CCC[N+](C)(C)C)[C@H](C(=O)NCc3cccs3)C2)c(Cl)c1C.[Cl-]. The van der Waals surface area contributed by atoms with E-state index in [0.29, 0.717) is 11.6 Å². The van der Waals surface area contributed by atoms with Gasteiger partial charge in [0.1, 0.15) is 6.04 Å². The Bertz CT molecular complexity index is 1250. The number of amides is 3. The summed E-state index contributed by atoms with van der Waals surface area (Å²) in [6, 6.07) is 6.26. The van der Waals surface area contributed by atoms with Crippen LogP contribution in [-0.2, 0) is 16.1 Å². The lowest BCUT2D eigenvalue weighted by molar-refractivity contribution is -0.870. The maximum absolute atomic E-state index is 14.1. The third-order valence-corrected chi connectivity index (χ3v) is 9.66. The molecule has 0 aliphatic carbocycles. The van der Waals surface area contributed by atoms with Gasteiger partial charge in [-0.25, -0.2) is 4.79 Å². The second-order valence-electron chi connectivity index (χ2n) is 12.5. The standard InChI is InChI=1S/C31H44ClN5O4S.ClH/c1-21-12-13-26(27(32)22(21)2)41-31(40)35-15-16-36(25(20-35)29(38)34-19-24-11-8-18-42-24)30(39)28-23(9-6-14-33-28)10-7-17-37(3,4)5;/h8,11-13,18,23,25,28,33H,6-7,9-10,14-17,19-20H2,1-5H3;1H/t23-,25+,28-;/m1./s1. The number of nitrogens with one attached hydrogen (secondary N) is 2. The van der Waals surface area contributed by atoms with E-state index in [2.05, 4.69) is 31.8 Å². The molecule has 4 rings (SSSR count). The van der Waals surface area contributed by atoms with Gasteiger partial charge >= 0.3 is 6.09 Å². The van der Waals surface area contributed by atoms with E-state index in [-0.39, 0.29) is 61.6 Å². The van der Waals surface area contributed by atoms with E-state index >= 15 is 0 Å². The van der Waals surface area contributed by atoms with Crippen molar-refractivity contribution in [3.05, 3.63) is 50.7 Å². The molecule has 3 heterocycles. The number of piperidine rings is 1. The minimum absolute atomic E-state index is 0. The minimum Gasteiger partial charge on any atom is -1.00 e. The average molecular weight is 655 g/mol. The molecule has 1 aromatic carbocycles. The van der Waals surface area contributed by atoms with Gasteiger partial charge < -0.3 is 42.1 Å². The summed E-state index contributed by atoms with van der Waals surface area (Å²) in [5.41, 5.74) is 1.85. The maximum Gasteiger partial charge on any atom is 0.415 e. The van der Waals surface area contributed by atoms with Crippen LogP contribution in [-0.4, -0.2) is 98.1 Å². The van der Waals surface area contributed by atoms with Gasteiger partial charge in [-0.2, -0.15) is 0 Å². The summed E-state index contributed by atoms with van der Waals surface area (Å²) in [4.78, 5) is 45.1. The molecule has 0 bridgehead atoms. The van der Waals surface area contributed by atoms with E-state index in [1.807, 2.05) is 37.4 Å². The maximum atomic E-state index is 14.1. The summed E-state index contributed by atoms with van der Waals surface area (Å²) in [5, 5.41) is 8.81. The predicted molar refractivity (Wildman–Crippen MR) is 167 cm³/mol. The van der Waals surface area contributed by atoms with Crippen LogP contribution in [0.15, 0.2) is 29.6 Å². The average Bonchev–Trinajstić information content (AvgIpc) is 3.49. The molecule has 238 valence electrons. The molecule has 2 N–H and O–H groups in total. The number of carbonyl (C=O) groups excluding carboxylic acids is 3.